The Labute approximate surface area is 181 Å². The van der Waals surface area contributed by atoms with Gasteiger partial charge in [0.05, 0.1) is 6.20 Å². The van der Waals surface area contributed by atoms with Crippen LogP contribution in [0.3, 0.4) is 0 Å². The highest BCUT2D eigenvalue weighted by Gasteiger charge is 2.38. The molecule has 1 saturated heterocycles. The average Bonchev–Trinajstić information content (AvgIpc) is 2.63. The SMILES string of the molecule is Cc1ccc(OC2CC(N(CC3CCN(C(=O)OC(C)(C)C)CC3)C(C)C)C2)cn1. The number of rotatable bonds is 6. The summed E-state index contributed by atoms with van der Waals surface area (Å²) in [5, 5.41) is 0. The van der Waals surface area contributed by atoms with Crippen LogP contribution in [0.15, 0.2) is 18.3 Å². The van der Waals surface area contributed by atoms with E-state index in [0.29, 0.717) is 18.0 Å². The van der Waals surface area contributed by atoms with Gasteiger partial charge in [0.2, 0.25) is 0 Å². The van der Waals surface area contributed by atoms with Crippen molar-refractivity contribution in [3.63, 3.8) is 0 Å². The number of aromatic nitrogens is 1. The van der Waals surface area contributed by atoms with Crippen molar-refractivity contribution in [2.24, 2.45) is 5.92 Å². The lowest BCUT2D eigenvalue weighted by Gasteiger charge is -2.46. The number of piperidine rings is 1. The van der Waals surface area contributed by atoms with Gasteiger partial charge in [-0.2, -0.15) is 0 Å². The molecule has 0 aromatic carbocycles. The quantitative estimate of drug-likeness (QED) is 0.674. The summed E-state index contributed by atoms with van der Waals surface area (Å²) < 4.78 is 11.6. The molecule has 1 amide bonds. The molecule has 1 aliphatic carbocycles. The molecule has 6 heteroatoms. The van der Waals surface area contributed by atoms with Gasteiger partial charge in [0, 0.05) is 50.3 Å². The van der Waals surface area contributed by atoms with Gasteiger partial charge in [-0.3, -0.25) is 9.88 Å². The molecule has 0 spiro atoms. The molecule has 1 saturated carbocycles. The summed E-state index contributed by atoms with van der Waals surface area (Å²) in [5.41, 5.74) is 0.581. The summed E-state index contributed by atoms with van der Waals surface area (Å²) >= 11 is 0. The molecule has 1 aliphatic heterocycles. The zero-order valence-electron chi connectivity index (χ0n) is 19.6. The van der Waals surface area contributed by atoms with E-state index in [1.54, 1.807) is 0 Å². The number of hydrogen-bond acceptors (Lipinski definition) is 5. The molecule has 2 fully saturated rings. The predicted octanol–water partition coefficient (Wildman–Crippen LogP) is 4.66. The standard InChI is InChI=1S/C24H39N3O3/c1-17(2)27(20-13-22(14-20)29-21-8-7-18(3)25-15-21)16-19-9-11-26(12-10-19)23(28)30-24(4,5)6/h7-8,15,17,19-20,22H,9-14,16H2,1-6H3. The van der Waals surface area contributed by atoms with Gasteiger partial charge in [-0.15, -0.1) is 0 Å². The number of amides is 1. The summed E-state index contributed by atoms with van der Waals surface area (Å²) in [6, 6.07) is 5.10. The van der Waals surface area contributed by atoms with Crippen LogP contribution in [0, 0.1) is 12.8 Å². The normalized spacial score (nSPS) is 22.9. The van der Waals surface area contributed by atoms with Gasteiger partial charge in [0.1, 0.15) is 17.5 Å². The lowest BCUT2D eigenvalue weighted by Crippen LogP contribution is -2.54. The Morgan fingerprint density at radius 3 is 2.43 bits per heavy atom. The molecule has 30 heavy (non-hydrogen) atoms. The minimum atomic E-state index is -0.431. The molecule has 0 bridgehead atoms. The smallest absolute Gasteiger partial charge is 0.410 e. The van der Waals surface area contributed by atoms with E-state index in [2.05, 4.69) is 23.7 Å². The first-order valence-corrected chi connectivity index (χ1v) is 11.4. The van der Waals surface area contributed by atoms with Crippen LogP contribution in [0.1, 0.15) is 66.0 Å². The third-order valence-electron chi connectivity index (χ3n) is 6.12. The molecule has 2 aliphatic rings. The molecule has 0 radical (unpaired) electrons. The van der Waals surface area contributed by atoms with Crippen LogP contribution in [0.4, 0.5) is 4.79 Å². The van der Waals surface area contributed by atoms with Crippen molar-refractivity contribution in [2.75, 3.05) is 19.6 Å². The van der Waals surface area contributed by atoms with Crippen LogP contribution in [0.25, 0.3) is 0 Å². The highest BCUT2D eigenvalue weighted by Crippen LogP contribution is 2.32. The van der Waals surface area contributed by atoms with Crippen LogP contribution in [0.5, 0.6) is 5.75 Å². The summed E-state index contributed by atoms with van der Waals surface area (Å²) in [7, 11) is 0. The maximum absolute atomic E-state index is 12.3. The number of carbonyl (C=O) groups excluding carboxylic acids is 1. The first kappa shape index (κ1) is 22.9. The van der Waals surface area contributed by atoms with Crippen molar-refractivity contribution in [1.82, 2.24) is 14.8 Å². The zero-order chi connectivity index (χ0) is 21.9. The fourth-order valence-corrected chi connectivity index (χ4v) is 4.33. The molecule has 1 aromatic heterocycles. The topological polar surface area (TPSA) is 54.9 Å². The van der Waals surface area contributed by atoms with Crippen LogP contribution in [-0.2, 0) is 4.74 Å². The molecular formula is C24H39N3O3. The number of pyridine rings is 1. The molecule has 2 heterocycles. The Morgan fingerprint density at radius 1 is 1.23 bits per heavy atom. The lowest BCUT2D eigenvalue weighted by atomic mass is 9.85. The molecule has 3 rings (SSSR count). The Morgan fingerprint density at radius 2 is 1.90 bits per heavy atom. The second-order valence-electron chi connectivity index (χ2n) is 10.2. The molecule has 1 aromatic rings. The fraction of sp³-hybridized carbons (Fsp3) is 0.750. The van der Waals surface area contributed by atoms with Gasteiger partial charge in [-0.1, -0.05) is 0 Å². The number of hydrogen-bond donors (Lipinski definition) is 0. The van der Waals surface area contributed by atoms with Crippen molar-refractivity contribution >= 4 is 6.09 Å². The van der Waals surface area contributed by atoms with Crippen LogP contribution in [-0.4, -0.2) is 64.3 Å². The highest BCUT2D eigenvalue weighted by molar-refractivity contribution is 5.68. The minimum Gasteiger partial charge on any atom is -0.489 e. The lowest BCUT2D eigenvalue weighted by molar-refractivity contribution is -0.0135. The van der Waals surface area contributed by atoms with E-state index in [9.17, 15) is 4.79 Å². The number of carbonyl (C=O) groups is 1. The zero-order valence-corrected chi connectivity index (χ0v) is 19.6. The van der Waals surface area contributed by atoms with Crippen LogP contribution in [0.2, 0.25) is 0 Å². The predicted molar refractivity (Wildman–Crippen MR) is 119 cm³/mol. The van der Waals surface area contributed by atoms with Gasteiger partial charge >= 0.3 is 6.09 Å². The maximum atomic E-state index is 12.3. The summed E-state index contributed by atoms with van der Waals surface area (Å²) in [6.45, 7) is 15.0. The van der Waals surface area contributed by atoms with Gasteiger partial charge in [0.15, 0.2) is 0 Å². The van der Waals surface area contributed by atoms with Gasteiger partial charge in [0.25, 0.3) is 0 Å². The van der Waals surface area contributed by atoms with Crippen molar-refractivity contribution in [2.45, 2.75) is 91.0 Å². The van der Waals surface area contributed by atoms with Gasteiger partial charge in [-0.25, -0.2) is 4.79 Å². The van der Waals surface area contributed by atoms with E-state index in [0.717, 1.165) is 56.8 Å². The summed E-state index contributed by atoms with van der Waals surface area (Å²) in [4.78, 5) is 21.1. The summed E-state index contributed by atoms with van der Waals surface area (Å²) in [5.74, 6) is 1.50. The Balaban J connectivity index is 1.43. The van der Waals surface area contributed by atoms with E-state index in [1.807, 2.05) is 50.9 Å². The van der Waals surface area contributed by atoms with Crippen LogP contribution >= 0.6 is 0 Å². The van der Waals surface area contributed by atoms with Crippen molar-refractivity contribution in [1.29, 1.82) is 0 Å². The van der Waals surface area contributed by atoms with Crippen molar-refractivity contribution in [3.05, 3.63) is 24.0 Å². The van der Waals surface area contributed by atoms with E-state index < -0.39 is 5.60 Å². The Kier molecular flexibility index (Phi) is 7.27. The first-order valence-electron chi connectivity index (χ1n) is 11.4. The van der Waals surface area contributed by atoms with Crippen molar-refractivity contribution in [3.8, 4) is 5.75 Å². The van der Waals surface area contributed by atoms with E-state index in [4.69, 9.17) is 9.47 Å². The van der Waals surface area contributed by atoms with Gasteiger partial charge in [-0.05, 0) is 72.4 Å². The second-order valence-corrected chi connectivity index (χ2v) is 10.2. The minimum absolute atomic E-state index is 0.175. The fourth-order valence-electron chi connectivity index (χ4n) is 4.33. The highest BCUT2D eigenvalue weighted by atomic mass is 16.6. The maximum Gasteiger partial charge on any atom is 0.410 e. The third-order valence-corrected chi connectivity index (χ3v) is 6.12. The van der Waals surface area contributed by atoms with E-state index >= 15 is 0 Å². The van der Waals surface area contributed by atoms with E-state index in [-0.39, 0.29) is 12.2 Å². The first-order chi connectivity index (χ1) is 14.1. The average molecular weight is 418 g/mol. The van der Waals surface area contributed by atoms with Crippen molar-refractivity contribution < 1.29 is 14.3 Å². The Bertz CT molecular complexity index is 685. The molecule has 0 unspecified atom stereocenters. The Hall–Kier alpha value is -1.82. The largest absolute Gasteiger partial charge is 0.489 e. The van der Waals surface area contributed by atoms with Gasteiger partial charge < -0.3 is 14.4 Å². The number of ether oxygens (including phenoxy) is 2. The van der Waals surface area contributed by atoms with Crippen LogP contribution < -0.4 is 4.74 Å². The molecule has 168 valence electrons. The molecule has 0 N–H and O–H groups in total. The number of likely N-dealkylation sites (tertiary alicyclic amines) is 1. The third kappa shape index (κ3) is 6.34. The molecule has 0 atom stereocenters. The molecule has 6 nitrogen and oxygen atoms in total. The monoisotopic (exact) mass is 417 g/mol. The number of nitrogens with zero attached hydrogens (tertiary/aromatic N) is 3. The second kappa shape index (κ2) is 9.54. The number of aryl methyl sites for hydroxylation is 1. The van der Waals surface area contributed by atoms with E-state index in [1.165, 1.54) is 0 Å². The molecular weight excluding hydrogens is 378 g/mol. The summed E-state index contributed by atoms with van der Waals surface area (Å²) in [6.07, 6.45) is 6.17.